The first-order valence-corrected chi connectivity index (χ1v) is 6.71. The molecule has 0 spiro atoms. The molecule has 1 heterocycles. The molecular weight excluding hydrogens is 292 g/mol. The summed E-state index contributed by atoms with van der Waals surface area (Å²) < 4.78 is 35.3. The SMILES string of the molecule is CC(NC(=O)c1ccccc1)c1cccc2c1OC(F)(F)O2. The van der Waals surface area contributed by atoms with Crippen molar-refractivity contribution in [3.8, 4) is 11.5 Å². The molecule has 1 unspecified atom stereocenters. The Morgan fingerprint density at radius 2 is 1.82 bits per heavy atom. The van der Waals surface area contributed by atoms with E-state index in [1.807, 2.05) is 0 Å². The van der Waals surface area contributed by atoms with Crippen LogP contribution in [0.25, 0.3) is 0 Å². The molecule has 6 heteroatoms. The Bertz CT molecular complexity index is 704. The highest BCUT2D eigenvalue weighted by Crippen LogP contribution is 2.44. The van der Waals surface area contributed by atoms with E-state index in [-0.39, 0.29) is 17.4 Å². The summed E-state index contributed by atoms with van der Waals surface area (Å²) in [4.78, 5) is 12.1. The maximum absolute atomic E-state index is 13.2. The van der Waals surface area contributed by atoms with Gasteiger partial charge >= 0.3 is 6.29 Å². The van der Waals surface area contributed by atoms with E-state index in [0.717, 1.165) is 0 Å². The summed E-state index contributed by atoms with van der Waals surface area (Å²) in [5, 5.41) is 2.75. The van der Waals surface area contributed by atoms with Crippen LogP contribution >= 0.6 is 0 Å². The molecule has 0 bridgehead atoms. The van der Waals surface area contributed by atoms with Gasteiger partial charge in [0.05, 0.1) is 6.04 Å². The lowest BCUT2D eigenvalue weighted by Gasteiger charge is -2.16. The lowest BCUT2D eigenvalue weighted by atomic mass is 10.1. The number of para-hydroxylation sites is 1. The molecule has 1 aliphatic heterocycles. The molecule has 22 heavy (non-hydrogen) atoms. The van der Waals surface area contributed by atoms with E-state index in [1.165, 1.54) is 6.07 Å². The number of benzene rings is 2. The summed E-state index contributed by atoms with van der Waals surface area (Å²) in [5.74, 6) is -0.381. The normalized spacial score (nSPS) is 16.1. The summed E-state index contributed by atoms with van der Waals surface area (Å²) in [6.45, 7) is 1.69. The van der Waals surface area contributed by atoms with Crippen molar-refractivity contribution in [1.82, 2.24) is 5.32 Å². The molecule has 114 valence electrons. The van der Waals surface area contributed by atoms with Gasteiger partial charge in [-0.1, -0.05) is 30.3 Å². The second kappa shape index (κ2) is 5.29. The molecule has 1 atom stereocenters. The van der Waals surface area contributed by atoms with Crippen LogP contribution in [0.5, 0.6) is 11.5 Å². The highest BCUT2D eigenvalue weighted by atomic mass is 19.3. The van der Waals surface area contributed by atoms with Gasteiger partial charge in [-0.15, -0.1) is 8.78 Å². The maximum Gasteiger partial charge on any atom is 0.586 e. The van der Waals surface area contributed by atoms with Crippen LogP contribution in [0.4, 0.5) is 8.78 Å². The molecule has 2 aromatic rings. The fraction of sp³-hybridized carbons (Fsp3) is 0.188. The van der Waals surface area contributed by atoms with E-state index in [0.29, 0.717) is 11.1 Å². The van der Waals surface area contributed by atoms with Crippen molar-refractivity contribution in [2.24, 2.45) is 0 Å². The second-order valence-electron chi connectivity index (χ2n) is 4.90. The van der Waals surface area contributed by atoms with Crippen LogP contribution in [-0.2, 0) is 0 Å². The highest BCUT2D eigenvalue weighted by molar-refractivity contribution is 5.94. The number of carbonyl (C=O) groups is 1. The minimum Gasteiger partial charge on any atom is -0.395 e. The molecule has 0 aliphatic carbocycles. The summed E-state index contributed by atoms with van der Waals surface area (Å²) in [6, 6.07) is 12.7. The Morgan fingerprint density at radius 3 is 2.55 bits per heavy atom. The van der Waals surface area contributed by atoms with E-state index in [4.69, 9.17) is 0 Å². The van der Waals surface area contributed by atoms with Crippen LogP contribution in [0, 0.1) is 0 Å². The fourth-order valence-electron chi connectivity index (χ4n) is 2.28. The van der Waals surface area contributed by atoms with Gasteiger partial charge in [-0.05, 0) is 25.1 Å². The van der Waals surface area contributed by atoms with Gasteiger partial charge in [-0.2, -0.15) is 0 Å². The van der Waals surface area contributed by atoms with E-state index in [1.54, 1.807) is 49.4 Å². The first-order chi connectivity index (χ1) is 10.5. The molecule has 0 radical (unpaired) electrons. The number of alkyl halides is 2. The van der Waals surface area contributed by atoms with Gasteiger partial charge in [0.25, 0.3) is 5.91 Å². The Hall–Kier alpha value is -2.63. The summed E-state index contributed by atoms with van der Waals surface area (Å²) in [7, 11) is 0. The van der Waals surface area contributed by atoms with Crippen LogP contribution in [0.3, 0.4) is 0 Å². The molecule has 0 saturated heterocycles. The summed E-state index contributed by atoms with van der Waals surface area (Å²) in [5.41, 5.74) is 0.920. The third-order valence-electron chi connectivity index (χ3n) is 3.31. The number of hydrogen-bond donors (Lipinski definition) is 1. The third-order valence-corrected chi connectivity index (χ3v) is 3.31. The monoisotopic (exact) mass is 305 g/mol. The van der Waals surface area contributed by atoms with Crippen molar-refractivity contribution in [3.05, 3.63) is 59.7 Å². The molecule has 1 N–H and O–H groups in total. The van der Waals surface area contributed by atoms with Crippen molar-refractivity contribution in [3.63, 3.8) is 0 Å². The first-order valence-electron chi connectivity index (χ1n) is 6.71. The fourth-order valence-corrected chi connectivity index (χ4v) is 2.28. The Morgan fingerprint density at radius 1 is 1.09 bits per heavy atom. The molecule has 0 aromatic heterocycles. The number of carbonyl (C=O) groups excluding carboxylic acids is 1. The van der Waals surface area contributed by atoms with E-state index in [9.17, 15) is 13.6 Å². The zero-order chi connectivity index (χ0) is 15.7. The number of ether oxygens (including phenoxy) is 2. The van der Waals surface area contributed by atoms with E-state index in [2.05, 4.69) is 14.8 Å². The standard InChI is InChI=1S/C16H13F2NO3/c1-10(19-15(20)11-6-3-2-4-7-11)12-8-5-9-13-14(12)22-16(17,18)21-13/h2-10H,1H3,(H,19,20). The lowest BCUT2D eigenvalue weighted by Crippen LogP contribution is -2.28. The topological polar surface area (TPSA) is 47.6 Å². The largest absolute Gasteiger partial charge is 0.586 e. The second-order valence-corrected chi connectivity index (χ2v) is 4.90. The zero-order valence-electron chi connectivity index (χ0n) is 11.7. The highest BCUT2D eigenvalue weighted by Gasteiger charge is 2.44. The molecule has 3 rings (SSSR count). The summed E-state index contributed by atoms with van der Waals surface area (Å²) >= 11 is 0. The molecule has 1 amide bonds. The van der Waals surface area contributed by atoms with Crippen molar-refractivity contribution < 1.29 is 23.0 Å². The van der Waals surface area contributed by atoms with Crippen molar-refractivity contribution in [2.75, 3.05) is 0 Å². The number of halogens is 2. The average molecular weight is 305 g/mol. The van der Waals surface area contributed by atoms with Crippen LogP contribution in [0.1, 0.15) is 28.9 Å². The maximum atomic E-state index is 13.2. The number of rotatable bonds is 3. The van der Waals surface area contributed by atoms with Gasteiger partial charge in [0.1, 0.15) is 0 Å². The van der Waals surface area contributed by atoms with Crippen molar-refractivity contribution in [2.45, 2.75) is 19.3 Å². The zero-order valence-corrected chi connectivity index (χ0v) is 11.7. The van der Waals surface area contributed by atoms with Gasteiger partial charge in [0.15, 0.2) is 11.5 Å². The number of nitrogens with one attached hydrogen (secondary N) is 1. The van der Waals surface area contributed by atoms with E-state index < -0.39 is 12.3 Å². The average Bonchev–Trinajstić information content (AvgIpc) is 2.81. The van der Waals surface area contributed by atoms with Crippen LogP contribution < -0.4 is 14.8 Å². The van der Waals surface area contributed by atoms with Gasteiger partial charge in [-0.3, -0.25) is 4.79 Å². The third kappa shape index (κ3) is 2.72. The van der Waals surface area contributed by atoms with Gasteiger partial charge in [0, 0.05) is 11.1 Å². The predicted molar refractivity (Wildman–Crippen MR) is 75.0 cm³/mol. The lowest BCUT2D eigenvalue weighted by molar-refractivity contribution is -0.287. The van der Waals surface area contributed by atoms with E-state index >= 15 is 0 Å². The number of hydrogen-bond acceptors (Lipinski definition) is 3. The number of amides is 1. The molecule has 4 nitrogen and oxygen atoms in total. The molecular formula is C16H13F2NO3. The van der Waals surface area contributed by atoms with Crippen LogP contribution in [0.15, 0.2) is 48.5 Å². The molecule has 0 fully saturated rings. The first kappa shape index (κ1) is 14.3. The quantitative estimate of drug-likeness (QED) is 0.944. The smallest absolute Gasteiger partial charge is 0.395 e. The molecule has 1 aliphatic rings. The van der Waals surface area contributed by atoms with Crippen molar-refractivity contribution >= 4 is 5.91 Å². The Labute approximate surface area is 125 Å². The summed E-state index contributed by atoms with van der Waals surface area (Å²) in [6.07, 6.45) is -3.68. The van der Waals surface area contributed by atoms with Crippen LogP contribution in [-0.4, -0.2) is 12.2 Å². The predicted octanol–water partition coefficient (Wildman–Crippen LogP) is 3.50. The van der Waals surface area contributed by atoms with Gasteiger partial charge in [-0.25, -0.2) is 0 Å². The number of fused-ring (bicyclic) bond motifs is 1. The minimum atomic E-state index is -3.68. The Balaban J connectivity index is 1.81. The van der Waals surface area contributed by atoms with Crippen molar-refractivity contribution in [1.29, 1.82) is 0 Å². The Kier molecular flexibility index (Phi) is 3.44. The van der Waals surface area contributed by atoms with Crippen LogP contribution in [0.2, 0.25) is 0 Å². The molecule has 2 aromatic carbocycles. The molecule has 0 saturated carbocycles. The van der Waals surface area contributed by atoms with Gasteiger partial charge in [0.2, 0.25) is 0 Å². The van der Waals surface area contributed by atoms with Gasteiger partial charge < -0.3 is 14.8 Å². The minimum absolute atomic E-state index is 0.0386.